The van der Waals surface area contributed by atoms with Crippen LogP contribution in [0, 0.1) is 17.1 Å². The zero-order valence-electron chi connectivity index (χ0n) is 14.1. The van der Waals surface area contributed by atoms with E-state index in [4.69, 9.17) is 14.7 Å². The Bertz CT molecular complexity index is 766. The maximum Gasteiger partial charge on any atom is 0.157 e. The van der Waals surface area contributed by atoms with Crippen molar-refractivity contribution in [2.45, 2.75) is 30.8 Å². The van der Waals surface area contributed by atoms with Crippen molar-refractivity contribution in [3.63, 3.8) is 0 Å². The molecular formula is C20H20FNO4. The Morgan fingerprint density at radius 3 is 2.31 bits per heavy atom. The van der Waals surface area contributed by atoms with Crippen molar-refractivity contribution in [3.8, 4) is 6.07 Å². The first kappa shape index (κ1) is 18.5. The SMILES string of the molecule is N#Cc1ccc(C(O)C(O)(CCC2OCCO2)c2ccc(F)cc2)cc1. The van der Waals surface area contributed by atoms with E-state index in [9.17, 15) is 14.6 Å². The predicted molar refractivity (Wildman–Crippen MR) is 91.3 cm³/mol. The van der Waals surface area contributed by atoms with Crippen LogP contribution >= 0.6 is 0 Å². The minimum atomic E-state index is -1.66. The molecule has 0 amide bonds. The van der Waals surface area contributed by atoms with Crippen molar-refractivity contribution in [1.82, 2.24) is 0 Å². The van der Waals surface area contributed by atoms with Gasteiger partial charge in [-0.15, -0.1) is 0 Å². The fraction of sp³-hybridized carbons (Fsp3) is 0.350. The van der Waals surface area contributed by atoms with Gasteiger partial charge in [0.15, 0.2) is 6.29 Å². The summed E-state index contributed by atoms with van der Waals surface area (Å²) in [4.78, 5) is 0. The third-order valence-electron chi connectivity index (χ3n) is 4.60. The highest BCUT2D eigenvalue weighted by Gasteiger charge is 2.39. The molecule has 2 N–H and O–H groups in total. The van der Waals surface area contributed by atoms with E-state index in [1.165, 1.54) is 24.3 Å². The molecule has 1 aliphatic rings. The van der Waals surface area contributed by atoms with Crippen LogP contribution < -0.4 is 0 Å². The quantitative estimate of drug-likeness (QED) is 0.831. The molecule has 0 saturated carbocycles. The molecule has 1 aliphatic heterocycles. The number of hydrogen-bond donors (Lipinski definition) is 2. The number of benzene rings is 2. The summed E-state index contributed by atoms with van der Waals surface area (Å²) in [5, 5.41) is 31.1. The second-order valence-corrected chi connectivity index (χ2v) is 6.28. The third-order valence-corrected chi connectivity index (χ3v) is 4.60. The number of nitriles is 1. The maximum atomic E-state index is 13.3. The van der Waals surface area contributed by atoms with E-state index in [-0.39, 0.29) is 6.42 Å². The van der Waals surface area contributed by atoms with Crippen molar-refractivity contribution in [2.75, 3.05) is 13.2 Å². The molecule has 26 heavy (non-hydrogen) atoms. The van der Waals surface area contributed by atoms with Crippen molar-refractivity contribution in [2.24, 2.45) is 0 Å². The van der Waals surface area contributed by atoms with Crippen LogP contribution in [-0.4, -0.2) is 29.7 Å². The fourth-order valence-electron chi connectivity index (χ4n) is 3.10. The van der Waals surface area contributed by atoms with E-state index >= 15 is 0 Å². The van der Waals surface area contributed by atoms with Crippen LogP contribution in [-0.2, 0) is 15.1 Å². The Hall–Kier alpha value is -2.30. The Balaban J connectivity index is 1.89. The highest BCUT2D eigenvalue weighted by Crippen LogP contribution is 2.40. The number of halogens is 1. The van der Waals surface area contributed by atoms with Gasteiger partial charge in [-0.05, 0) is 41.8 Å². The molecule has 2 atom stereocenters. The van der Waals surface area contributed by atoms with E-state index in [1.807, 2.05) is 6.07 Å². The van der Waals surface area contributed by atoms with Gasteiger partial charge in [0.25, 0.3) is 0 Å². The molecule has 5 nitrogen and oxygen atoms in total. The zero-order chi connectivity index (χ0) is 18.6. The van der Waals surface area contributed by atoms with Crippen LogP contribution in [0.5, 0.6) is 0 Å². The lowest BCUT2D eigenvalue weighted by Crippen LogP contribution is -2.35. The van der Waals surface area contributed by atoms with Crippen LogP contribution in [0.1, 0.15) is 35.6 Å². The first-order chi connectivity index (χ1) is 12.5. The molecule has 2 aromatic rings. The number of ether oxygens (including phenoxy) is 2. The second-order valence-electron chi connectivity index (χ2n) is 6.28. The van der Waals surface area contributed by atoms with Gasteiger partial charge >= 0.3 is 0 Å². The number of rotatable bonds is 6. The van der Waals surface area contributed by atoms with E-state index < -0.39 is 23.8 Å². The second kappa shape index (κ2) is 7.94. The summed E-state index contributed by atoms with van der Waals surface area (Å²) in [6, 6.07) is 13.8. The molecule has 2 aromatic carbocycles. The van der Waals surface area contributed by atoms with Crippen LogP contribution in [0.4, 0.5) is 4.39 Å². The van der Waals surface area contributed by atoms with Gasteiger partial charge in [-0.25, -0.2) is 4.39 Å². The lowest BCUT2D eigenvalue weighted by atomic mass is 9.81. The molecule has 0 bridgehead atoms. The van der Waals surface area contributed by atoms with Gasteiger partial charge in [0.1, 0.15) is 17.5 Å². The summed E-state index contributed by atoms with van der Waals surface area (Å²) in [6.45, 7) is 0.996. The number of nitrogens with zero attached hydrogens (tertiary/aromatic N) is 1. The molecule has 2 unspecified atom stereocenters. The molecule has 1 fully saturated rings. The molecular weight excluding hydrogens is 337 g/mol. The van der Waals surface area contributed by atoms with Crippen LogP contribution in [0.2, 0.25) is 0 Å². The normalized spacial score (nSPS) is 18.2. The van der Waals surface area contributed by atoms with E-state index in [0.717, 1.165) is 0 Å². The molecule has 1 saturated heterocycles. The zero-order valence-corrected chi connectivity index (χ0v) is 14.1. The molecule has 1 heterocycles. The molecule has 6 heteroatoms. The third kappa shape index (κ3) is 3.92. The standard InChI is InChI=1S/C20H20FNO4/c21-17-7-5-16(6-8-17)20(24,10-9-18-25-11-12-26-18)19(23)15-3-1-14(13-22)2-4-15/h1-8,18-19,23-24H,9-12H2. The van der Waals surface area contributed by atoms with Gasteiger partial charge in [0.05, 0.1) is 24.8 Å². The van der Waals surface area contributed by atoms with Gasteiger partial charge in [-0.1, -0.05) is 24.3 Å². The van der Waals surface area contributed by atoms with Gasteiger partial charge < -0.3 is 19.7 Å². The Kier molecular flexibility index (Phi) is 5.64. The highest BCUT2D eigenvalue weighted by molar-refractivity contribution is 5.35. The molecule has 3 rings (SSSR count). The van der Waals surface area contributed by atoms with Crippen molar-refractivity contribution >= 4 is 0 Å². The van der Waals surface area contributed by atoms with Crippen molar-refractivity contribution < 1.29 is 24.1 Å². The minimum Gasteiger partial charge on any atom is -0.385 e. The van der Waals surface area contributed by atoms with Crippen molar-refractivity contribution in [3.05, 3.63) is 71.0 Å². The summed E-state index contributed by atoms with van der Waals surface area (Å²) < 4.78 is 24.1. The molecule has 0 spiro atoms. The average Bonchev–Trinajstić information content (AvgIpc) is 3.20. The van der Waals surface area contributed by atoms with Gasteiger partial charge in [-0.2, -0.15) is 5.26 Å². The largest absolute Gasteiger partial charge is 0.385 e. The lowest BCUT2D eigenvalue weighted by Gasteiger charge is -2.34. The Morgan fingerprint density at radius 2 is 1.73 bits per heavy atom. The summed E-state index contributed by atoms with van der Waals surface area (Å²) in [5.41, 5.74) is -0.339. The molecule has 136 valence electrons. The molecule has 0 aromatic heterocycles. The smallest absolute Gasteiger partial charge is 0.157 e. The van der Waals surface area contributed by atoms with Crippen LogP contribution in [0.25, 0.3) is 0 Å². The predicted octanol–water partition coefficient (Wildman–Crippen LogP) is 2.77. The van der Waals surface area contributed by atoms with Crippen molar-refractivity contribution in [1.29, 1.82) is 5.26 Å². The van der Waals surface area contributed by atoms with E-state index in [1.54, 1.807) is 24.3 Å². The van der Waals surface area contributed by atoms with Gasteiger partial charge in [-0.3, -0.25) is 0 Å². The molecule has 0 aliphatic carbocycles. The Labute approximate surface area is 151 Å². The lowest BCUT2D eigenvalue weighted by molar-refractivity contribution is -0.113. The van der Waals surface area contributed by atoms with Gasteiger partial charge in [0.2, 0.25) is 0 Å². The summed E-state index contributed by atoms with van der Waals surface area (Å²) in [5.74, 6) is -0.425. The first-order valence-electron chi connectivity index (χ1n) is 8.43. The summed E-state index contributed by atoms with van der Waals surface area (Å²) >= 11 is 0. The first-order valence-corrected chi connectivity index (χ1v) is 8.43. The highest BCUT2D eigenvalue weighted by atomic mass is 19.1. The number of hydrogen-bond acceptors (Lipinski definition) is 5. The molecule has 0 radical (unpaired) electrons. The summed E-state index contributed by atoms with van der Waals surface area (Å²) in [6.07, 6.45) is -1.16. The monoisotopic (exact) mass is 357 g/mol. The fourth-order valence-corrected chi connectivity index (χ4v) is 3.10. The number of aliphatic hydroxyl groups excluding tert-OH is 1. The number of aliphatic hydroxyl groups is 2. The van der Waals surface area contributed by atoms with E-state index in [2.05, 4.69) is 0 Å². The topological polar surface area (TPSA) is 82.7 Å². The average molecular weight is 357 g/mol. The van der Waals surface area contributed by atoms with E-state index in [0.29, 0.717) is 36.3 Å². The summed E-state index contributed by atoms with van der Waals surface area (Å²) in [7, 11) is 0. The minimum absolute atomic E-state index is 0.157. The van der Waals surface area contributed by atoms with Gasteiger partial charge in [0, 0.05) is 6.42 Å². The maximum absolute atomic E-state index is 13.3. The van der Waals surface area contributed by atoms with Crippen LogP contribution in [0.15, 0.2) is 48.5 Å². The van der Waals surface area contributed by atoms with Crippen LogP contribution in [0.3, 0.4) is 0 Å². The Morgan fingerprint density at radius 1 is 1.12 bits per heavy atom.